The molecule has 4 rings (SSSR count). The summed E-state index contributed by atoms with van der Waals surface area (Å²) >= 11 is 0. The number of ether oxygens (including phenoxy) is 1. The number of imidazole rings is 1. The molecule has 4 nitrogen and oxygen atoms in total. The molecule has 0 saturated heterocycles. The van der Waals surface area contributed by atoms with Crippen LogP contribution in [-0.4, -0.2) is 20.9 Å². The average molecular weight is 355 g/mol. The number of aromatic nitrogens is 3. The summed E-state index contributed by atoms with van der Waals surface area (Å²) in [4.78, 5) is 8.61. The maximum Gasteiger partial charge on any atom is 0.573 e. The molecule has 0 bridgehead atoms. The van der Waals surface area contributed by atoms with Gasteiger partial charge >= 0.3 is 6.36 Å². The van der Waals surface area contributed by atoms with Crippen molar-refractivity contribution in [1.82, 2.24) is 14.5 Å². The van der Waals surface area contributed by atoms with E-state index in [4.69, 9.17) is 0 Å². The van der Waals surface area contributed by atoms with E-state index in [1.165, 1.54) is 12.1 Å². The van der Waals surface area contributed by atoms with Gasteiger partial charge in [-0.1, -0.05) is 6.07 Å². The fourth-order valence-corrected chi connectivity index (χ4v) is 2.67. The lowest BCUT2D eigenvalue weighted by molar-refractivity contribution is -0.274. The van der Waals surface area contributed by atoms with Crippen molar-refractivity contribution in [3.8, 4) is 22.7 Å². The summed E-state index contributed by atoms with van der Waals surface area (Å²) in [6, 6.07) is 15.2. The largest absolute Gasteiger partial charge is 0.573 e. The number of fused-ring (bicyclic) bond motifs is 1. The van der Waals surface area contributed by atoms with Crippen LogP contribution in [0.15, 0.2) is 73.3 Å². The molecule has 2 aromatic heterocycles. The third-order valence-electron chi connectivity index (χ3n) is 3.86. The summed E-state index contributed by atoms with van der Waals surface area (Å²) in [7, 11) is 0. The van der Waals surface area contributed by atoms with E-state index in [1.807, 2.05) is 41.1 Å². The molecule has 0 unspecified atom stereocenters. The lowest BCUT2D eigenvalue weighted by atomic mass is 10.1. The van der Waals surface area contributed by atoms with Gasteiger partial charge in [0.15, 0.2) is 0 Å². The number of alkyl halides is 3. The van der Waals surface area contributed by atoms with Crippen LogP contribution >= 0.6 is 0 Å². The number of hydrogen-bond acceptors (Lipinski definition) is 3. The topological polar surface area (TPSA) is 39.9 Å². The first-order valence-electron chi connectivity index (χ1n) is 7.73. The highest BCUT2D eigenvalue weighted by Crippen LogP contribution is 2.27. The smallest absolute Gasteiger partial charge is 0.406 e. The molecule has 0 aliphatic carbocycles. The van der Waals surface area contributed by atoms with Gasteiger partial charge in [-0.05, 0) is 48.5 Å². The summed E-state index contributed by atoms with van der Waals surface area (Å²) in [6.07, 6.45) is 0.578. The Labute approximate surface area is 146 Å². The van der Waals surface area contributed by atoms with Gasteiger partial charge in [-0.25, -0.2) is 9.97 Å². The van der Waals surface area contributed by atoms with Crippen LogP contribution in [0.5, 0.6) is 5.75 Å². The zero-order valence-corrected chi connectivity index (χ0v) is 13.3. The van der Waals surface area contributed by atoms with Crippen LogP contribution in [0.2, 0.25) is 0 Å². The third-order valence-corrected chi connectivity index (χ3v) is 3.86. The first-order valence-corrected chi connectivity index (χ1v) is 7.73. The Morgan fingerprint density at radius 1 is 0.923 bits per heavy atom. The Bertz CT molecular complexity index is 1040. The number of benzene rings is 2. The molecule has 0 spiro atoms. The summed E-state index contributed by atoms with van der Waals surface area (Å²) < 4.78 is 42.5. The van der Waals surface area contributed by atoms with Crippen molar-refractivity contribution in [1.29, 1.82) is 0 Å². The van der Waals surface area contributed by atoms with Gasteiger partial charge in [0.05, 0.1) is 17.5 Å². The Balaban J connectivity index is 1.64. The van der Waals surface area contributed by atoms with Gasteiger partial charge in [0.25, 0.3) is 0 Å². The van der Waals surface area contributed by atoms with E-state index >= 15 is 0 Å². The predicted molar refractivity (Wildman–Crippen MR) is 91.0 cm³/mol. The number of hydrogen-bond donors (Lipinski definition) is 0. The molecule has 2 aromatic carbocycles. The molecule has 0 aliphatic heterocycles. The number of rotatable bonds is 3. The van der Waals surface area contributed by atoms with Crippen LogP contribution in [0.1, 0.15) is 0 Å². The number of halogens is 3. The van der Waals surface area contributed by atoms with Crippen LogP contribution < -0.4 is 4.74 Å². The molecule has 0 atom stereocenters. The van der Waals surface area contributed by atoms with E-state index < -0.39 is 6.36 Å². The summed E-state index contributed by atoms with van der Waals surface area (Å²) in [6.45, 7) is 0. The standard InChI is InChI=1S/C19H12F3N3O/c20-19(21,22)26-16-5-1-13(2-6-16)17-7-3-14-11-15(4-8-18(14)24-17)25-10-9-23-12-25/h1-12H. The molecule has 26 heavy (non-hydrogen) atoms. The van der Waals surface area contributed by atoms with Crippen LogP contribution in [0, 0.1) is 0 Å². The molecule has 0 radical (unpaired) electrons. The number of nitrogens with zero attached hydrogens (tertiary/aromatic N) is 3. The van der Waals surface area contributed by atoms with Crippen molar-refractivity contribution >= 4 is 10.9 Å². The predicted octanol–water partition coefficient (Wildman–Crippen LogP) is 4.99. The van der Waals surface area contributed by atoms with Gasteiger partial charge in [-0.3, -0.25) is 0 Å². The van der Waals surface area contributed by atoms with Gasteiger partial charge in [0.1, 0.15) is 5.75 Å². The van der Waals surface area contributed by atoms with Gasteiger partial charge in [-0.2, -0.15) is 0 Å². The number of pyridine rings is 1. The minimum absolute atomic E-state index is 0.257. The highest BCUT2D eigenvalue weighted by atomic mass is 19.4. The van der Waals surface area contributed by atoms with Crippen molar-refractivity contribution < 1.29 is 17.9 Å². The van der Waals surface area contributed by atoms with Gasteiger partial charge in [-0.15, -0.1) is 13.2 Å². The molecule has 7 heteroatoms. The van der Waals surface area contributed by atoms with Crippen molar-refractivity contribution in [2.24, 2.45) is 0 Å². The van der Waals surface area contributed by atoms with Crippen LogP contribution in [0.25, 0.3) is 27.8 Å². The average Bonchev–Trinajstić information content (AvgIpc) is 3.15. The highest BCUT2D eigenvalue weighted by molar-refractivity contribution is 5.83. The zero-order chi connectivity index (χ0) is 18.1. The summed E-state index contributed by atoms with van der Waals surface area (Å²) in [5, 5.41) is 0.956. The van der Waals surface area contributed by atoms with Crippen LogP contribution in [0.4, 0.5) is 13.2 Å². The first kappa shape index (κ1) is 16.1. The molecule has 4 aromatic rings. The summed E-state index contributed by atoms with van der Waals surface area (Å²) in [5.74, 6) is -0.257. The molecule has 0 amide bonds. The molecule has 130 valence electrons. The fraction of sp³-hybridized carbons (Fsp3) is 0.0526. The van der Waals surface area contributed by atoms with E-state index in [0.29, 0.717) is 11.3 Å². The van der Waals surface area contributed by atoms with Crippen LogP contribution in [0.3, 0.4) is 0 Å². The first-order chi connectivity index (χ1) is 12.5. The lowest BCUT2D eigenvalue weighted by Crippen LogP contribution is -2.16. The fourth-order valence-electron chi connectivity index (χ4n) is 2.67. The van der Waals surface area contributed by atoms with Crippen molar-refractivity contribution in [2.45, 2.75) is 6.36 Å². The van der Waals surface area contributed by atoms with E-state index in [2.05, 4.69) is 14.7 Å². The Kier molecular flexibility index (Phi) is 3.84. The Morgan fingerprint density at radius 3 is 2.42 bits per heavy atom. The minimum atomic E-state index is -4.70. The molecule has 2 heterocycles. The Morgan fingerprint density at radius 2 is 1.73 bits per heavy atom. The Hall–Kier alpha value is -3.35. The zero-order valence-electron chi connectivity index (χ0n) is 13.3. The van der Waals surface area contributed by atoms with Crippen molar-refractivity contribution in [3.05, 3.63) is 73.3 Å². The van der Waals surface area contributed by atoms with Crippen molar-refractivity contribution in [2.75, 3.05) is 0 Å². The monoisotopic (exact) mass is 355 g/mol. The van der Waals surface area contributed by atoms with E-state index in [9.17, 15) is 13.2 Å². The summed E-state index contributed by atoms with van der Waals surface area (Å²) in [5.41, 5.74) is 3.15. The lowest BCUT2D eigenvalue weighted by Gasteiger charge is -2.09. The van der Waals surface area contributed by atoms with Gasteiger partial charge in [0, 0.05) is 29.0 Å². The van der Waals surface area contributed by atoms with E-state index in [1.54, 1.807) is 24.7 Å². The normalized spacial score (nSPS) is 11.7. The maximum absolute atomic E-state index is 12.2. The molecular weight excluding hydrogens is 343 g/mol. The van der Waals surface area contributed by atoms with E-state index in [0.717, 1.165) is 16.6 Å². The minimum Gasteiger partial charge on any atom is -0.406 e. The SMILES string of the molecule is FC(F)(F)Oc1ccc(-c2ccc3cc(-n4ccnc4)ccc3n2)cc1. The highest BCUT2D eigenvalue weighted by Gasteiger charge is 2.30. The molecule has 0 saturated carbocycles. The second-order valence-electron chi connectivity index (χ2n) is 5.62. The molecule has 0 fully saturated rings. The second-order valence-corrected chi connectivity index (χ2v) is 5.62. The van der Waals surface area contributed by atoms with Gasteiger partial charge in [0.2, 0.25) is 0 Å². The molecule has 0 N–H and O–H groups in total. The molecular formula is C19H12F3N3O. The molecule has 0 aliphatic rings. The van der Waals surface area contributed by atoms with Gasteiger partial charge < -0.3 is 9.30 Å². The van der Waals surface area contributed by atoms with Crippen LogP contribution in [-0.2, 0) is 0 Å². The quantitative estimate of drug-likeness (QED) is 0.520. The second kappa shape index (κ2) is 6.18. The van der Waals surface area contributed by atoms with E-state index in [-0.39, 0.29) is 5.75 Å². The maximum atomic E-state index is 12.2. The third kappa shape index (κ3) is 3.37. The van der Waals surface area contributed by atoms with Crippen molar-refractivity contribution in [3.63, 3.8) is 0 Å².